The molecule has 0 unspecified atom stereocenters. The largest absolute Gasteiger partial charge is 0.464 e. The van der Waals surface area contributed by atoms with E-state index in [2.05, 4.69) is 42.9 Å². The molecule has 0 saturated heterocycles. The van der Waals surface area contributed by atoms with Crippen molar-refractivity contribution in [2.75, 3.05) is 13.7 Å². The van der Waals surface area contributed by atoms with E-state index in [1.165, 1.54) is 7.11 Å². The van der Waals surface area contributed by atoms with E-state index in [1.54, 1.807) is 6.20 Å². The van der Waals surface area contributed by atoms with E-state index in [0.717, 1.165) is 28.2 Å². The molecular formula is C20H22IN5O2. The molecule has 8 heteroatoms. The van der Waals surface area contributed by atoms with Crippen molar-refractivity contribution in [3.8, 4) is 11.3 Å². The first-order valence-electron chi connectivity index (χ1n) is 8.89. The number of aryl methyl sites for hydroxylation is 2. The highest BCUT2D eigenvalue weighted by Crippen LogP contribution is 2.24. The summed E-state index contributed by atoms with van der Waals surface area (Å²) in [5.74, 6) is -0.368. The Morgan fingerprint density at radius 2 is 2.11 bits per heavy atom. The Balaban J connectivity index is 1.75. The van der Waals surface area contributed by atoms with Crippen molar-refractivity contribution in [2.24, 2.45) is 0 Å². The molecule has 0 spiro atoms. The molecule has 0 aromatic carbocycles. The van der Waals surface area contributed by atoms with Gasteiger partial charge < -0.3 is 14.6 Å². The normalized spacial score (nSPS) is 10.9. The Labute approximate surface area is 177 Å². The molecule has 3 aromatic heterocycles. The minimum absolute atomic E-state index is 0.368. The molecule has 0 bridgehead atoms. The summed E-state index contributed by atoms with van der Waals surface area (Å²) in [5, 5.41) is 3.37. The topological polar surface area (TPSA) is 81.9 Å². The summed E-state index contributed by atoms with van der Waals surface area (Å²) in [6.07, 6.45) is 3.72. The average molecular weight is 491 g/mol. The van der Waals surface area contributed by atoms with Crippen LogP contribution >= 0.6 is 22.6 Å². The molecule has 0 aliphatic carbocycles. The lowest BCUT2D eigenvalue weighted by Gasteiger charge is -2.09. The van der Waals surface area contributed by atoms with Gasteiger partial charge in [0, 0.05) is 65.9 Å². The number of ether oxygens (including phenoxy) is 1. The summed E-state index contributed by atoms with van der Waals surface area (Å²) >= 11 is 2.08. The summed E-state index contributed by atoms with van der Waals surface area (Å²) < 4.78 is 7.50. The van der Waals surface area contributed by atoms with Crippen LogP contribution in [0.3, 0.4) is 0 Å². The fraction of sp³-hybridized carbons (Fsp3) is 0.300. The number of nitrogens with zero attached hydrogens (tertiary/aromatic N) is 4. The third-order valence-corrected chi connectivity index (χ3v) is 4.81. The van der Waals surface area contributed by atoms with Crippen molar-refractivity contribution in [1.29, 1.82) is 0 Å². The van der Waals surface area contributed by atoms with Crippen LogP contribution in [0.5, 0.6) is 0 Å². The van der Waals surface area contributed by atoms with Gasteiger partial charge in [0.25, 0.3) is 0 Å². The zero-order valence-corrected chi connectivity index (χ0v) is 18.2. The molecule has 0 radical (unpaired) electrons. The lowest BCUT2D eigenvalue weighted by atomic mass is 10.1. The molecule has 146 valence electrons. The van der Waals surface area contributed by atoms with Gasteiger partial charge in [0.2, 0.25) is 0 Å². The van der Waals surface area contributed by atoms with Crippen LogP contribution in [-0.2, 0) is 17.8 Å². The van der Waals surface area contributed by atoms with E-state index in [0.29, 0.717) is 29.2 Å². The summed E-state index contributed by atoms with van der Waals surface area (Å²) in [6, 6.07) is 7.79. The average Bonchev–Trinajstić information content (AvgIpc) is 3.10. The predicted octanol–water partition coefficient (Wildman–Crippen LogP) is 3.14. The third kappa shape index (κ3) is 4.93. The summed E-state index contributed by atoms with van der Waals surface area (Å²) in [7, 11) is 1.39. The summed E-state index contributed by atoms with van der Waals surface area (Å²) in [5.41, 5.74) is 5.14. The third-order valence-electron chi connectivity index (χ3n) is 4.29. The number of aromatic nitrogens is 4. The lowest BCUT2D eigenvalue weighted by molar-refractivity contribution is 0.0588. The monoisotopic (exact) mass is 491 g/mol. The molecule has 0 aliphatic rings. The van der Waals surface area contributed by atoms with Crippen molar-refractivity contribution in [1.82, 2.24) is 24.8 Å². The van der Waals surface area contributed by atoms with Crippen molar-refractivity contribution < 1.29 is 9.53 Å². The molecule has 0 saturated carbocycles. The smallest absolute Gasteiger partial charge is 0.354 e. The first-order valence-corrected chi connectivity index (χ1v) is 9.97. The molecule has 0 fully saturated rings. The number of hydrogen-bond acceptors (Lipinski definition) is 6. The minimum atomic E-state index is -0.368. The zero-order valence-electron chi connectivity index (χ0n) is 16.1. The van der Waals surface area contributed by atoms with Gasteiger partial charge in [-0.1, -0.05) is 6.07 Å². The molecule has 1 N–H and O–H groups in total. The van der Waals surface area contributed by atoms with Crippen LogP contribution in [0.25, 0.3) is 11.3 Å². The van der Waals surface area contributed by atoms with E-state index in [9.17, 15) is 4.79 Å². The van der Waals surface area contributed by atoms with Gasteiger partial charge in [0.15, 0.2) is 3.83 Å². The van der Waals surface area contributed by atoms with Crippen molar-refractivity contribution in [2.45, 2.75) is 26.9 Å². The van der Waals surface area contributed by atoms with Crippen LogP contribution in [0.15, 0.2) is 36.7 Å². The maximum atomic E-state index is 12.2. The van der Waals surface area contributed by atoms with Gasteiger partial charge in [0.1, 0.15) is 5.69 Å². The molecule has 0 aliphatic heterocycles. The van der Waals surface area contributed by atoms with E-state index >= 15 is 0 Å². The first-order chi connectivity index (χ1) is 13.5. The van der Waals surface area contributed by atoms with Crippen molar-refractivity contribution in [3.63, 3.8) is 0 Å². The van der Waals surface area contributed by atoms with E-state index < -0.39 is 0 Å². The van der Waals surface area contributed by atoms with Crippen molar-refractivity contribution in [3.05, 3.63) is 63.1 Å². The molecule has 3 aromatic rings. The molecule has 28 heavy (non-hydrogen) atoms. The Morgan fingerprint density at radius 3 is 2.86 bits per heavy atom. The lowest BCUT2D eigenvalue weighted by Crippen LogP contribution is -2.21. The molecule has 3 heterocycles. The molecule has 3 rings (SSSR count). The molecule has 0 amide bonds. The number of hydrogen-bond donors (Lipinski definition) is 1. The van der Waals surface area contributed by atoms with Crippen LogP contribution in [0.2, 0.25) is 0 Å². The number of carbonyl (C=O) groups excluding carboxylic acids is 1. The number of methoxy groups -OCH3 is 1. The number of rotatable bonds is 7. The highest BCUT2D eigenvalue weighted by Gasteiger charge is 2.17. The van der Waals surface area contributed by atoms with Gasteiger partial charge in [-0.2, -0.15) is 0 Å². The van der Waals surface area contributed by atoms with Gasteiger partial charge in [0.05, 0.1) is 18.5 Å². The number of carbonyl (C=O) groups is 1. The number of halogens is 1. The number of esters is 1. The second-order valence-electron chi connectivity index (χ2n) is 6.42. The Morgan fingerprint density at radius 1 is 1.29 bits per heavy atom. The second kappa shape index (κ2) is 9.24. The zero-order chi connectivity index (χ0) is 20.1. The van der Waals surface area contributed by atoms with Crippen LogP contribution < -0.4 is 5.32 Å². The van der Waals surface area contributed by atoms with E-state index in [4.69, 9.17) is 4.74 Å². The Kier molecular flexibility index (Phi) is 6.74. The van der Waals surface area contributed by atoms with Crippen LogP contribution in [0.1, 0.15) is 27.4 Å². The fourth-order valence-electron chi connectivity index (χ4n) is 2.93. The maximum Gasteiger partial charge on any atom is 0.354 e. The second-order valence-corrected chi connectivity index (χ2v) is 7.38. The highest BCUT2D eigenvalue weighted by molar-refractivity contribution is 14.1. The first kappa shape index (κ1) is 20.4. The summed E-state index contributed by atoms with van der Waals surface area (Å²) in [4.78, 5) is 25.4. The molecule has 7 nitrogen and oxygen atoms in total. The van der Waals surface area contributed by atoms with Crippen LogP contribution in [-0.4, -0.2) is 39.1 Å². The SMILES string of the molecule is COC(=O)c1cc(-c2nc(I)ncc2C)cn1CCNCc1cccc(C)n1. The van der Waals surface area contributed by atoms with Crippen LogP contribution in [0, 0.1) is 17.7 Å². The fourth-order valence-corrected chi connectivity index (χ4v) is 3.31. The van der Waals surface area contributed by atoms with Gasteiger partial charge >= 0.3 is 5.97 Å². The number of nitrogens with one attached hydrogen (secondary N) is 1. The van der Waals surface area contributed by atoms with Crippen LogP contribution in [0.4, 0.5) is 0 Å². The highest BCUT2D eigenvalue weighted by atomic mass is 127. The van der Waals surface area contributed by atoms with E-state index in [1.807, 2.05) is 48.9 Å². The number of pyridine rings is 1. The molecule has 0 atom stereocenters. The van der Waals surface area contributed by atoms with Crippen molar-refractivity contribution >= 4 is 28.6 Å². The van der Waals surface area contributed by atoms with Gasteiger partial charge in [-0.3, -0.25) is 4.98 Å². The Hall–Kier alpha value is -2.33. The Bertz CT molecular complexity index is 986. The maximum absolute atomic E-state index is 12.2. The van der Waals surface area contributed by atoms with E-state index in [-0.39, 0.29) is 5.97 Å². The molecular weight excluding hydrogens is 469 g/mol. The van der Waals surface area contributed by atoms with Gasteiger partial charge in [-0.15, -0.1) is 0 Å². The quantitative estimate of drug-likeness (QED) is 0.237. The van der Waals surface area contributed by atoms with Gasteiger partial charge in [-0.05, 0) is 37.6 Å². The minimum Gasteiger partial charge on any atom is -0.464 e. The predicted molar refractivity (Wildman–Crippen MR) is 115 cm³/mol. The van der Waals surface area contributed by atoms with Gasteiger partial charge in [-0.25, -0.2) is 14.8 Å². The summed E-state index contributed by atoms with van der Waals surface area (Å²) in [6.45, 7) is 5.92. The standard InChI is InChI=1S/C20H22IN5O2/c1-13-10-23-20(21)25-18(13)15-9-17(19(27)28-3)26(12-15)8-7-22-11-16-6-4-5-14(2)24-16/h4-6,9-10,12,22H,7-8,11H2,1-3H3.